The smallest absolute Gasteiger partial charge is 0.264 e. The lowest BCUT2D eigenvalue weighted by atomic mass is 10.1. The highest BCUT2D eigenvalue weighted by Crippen LogP contribution is 2.31. The number of benzene rings is 2. The van der Waals surface area contributed by atoms with Crippen molar-refractivity contribution in [3.8, 4) is 5.69 Å². The molecule has 0 aliphatic rings. The van der Waals surface area contributed by atoms with Crippen molar-refractivity contribution in [2.24, 2.45) is 0 Å². The number of thiophene rings is 1. The largest absolute Gasteiger partial charge is 0.350 e. The molecule has 2 amide bonds. The summed E-state index contributed by atoms with van der Waals surface area (Å²) in [7, 11) is 0. The molecule has 0 spiro atoms. The molecular formula is C27H30N4O2S. The van der Waals surface area contributed by atoms with Crippen molar-refractivity contribution in [3.05, 3.63) is 82.9 Å². The van der Waals surface area contributed by atoms with E-state index in [4.69, 9.17) is 0 Å². The summed E-state index contributed by atoms with van der Waals surface area (Å²) in [5.74, 6) is -0.342. The Hall–Kier alpha value is -3.45. The van der Waals surface area contributed by atoms with Crippen LogP contribution in [0.1, 0.15) is 48.6 Å². The Kier molecular flexibility index (Phi) is 6.57. The highest BCUT2D eigenvalue weighted by atomic mass is 32.1. The van der Waals surface area contributed by atoms with Gasteiger partial charge in [0.2, 0.25) is 5.91 Å². The standard InChI is InChI=1S/C27H30N4O2S/c1-18-22-16-23(34-26(22)31(29-18)21-14-10-7-11-15-21)25(33)30(17-20-12-8-6-9-13-20)19(2)24(32)28-27(3,4)5/h6-16,19H,17H2,1-5H3,(H,28,32)/t19-/m1/s1. The van der Waals surface area contributed by atoms with Crippen LogP contribution in [0.5, 0.6) is 0 Å². The van der Waals surface area contributed by atoms with Gasteiger partial charge in [0.15, 0.2) is 0 Å². The van der Waals surface area contributed by atoms with Gasteiger partial charge in [-0.1, -0.05) is 48.5 Å². The van der Waals surface area contributed by atoms with Crippen LogP contribution in [-0.2, 0) is 11.3 Å². The van der Waals surface area contributed by atoms with Gasteiger partial charge in [-0.25, -0.2) is 4.68 Å². The molecule has 0 fully saturated rings. The Morgan fingerprint density at radius 3 is 2.29 bits per heavy atom. The molecule has 176 valence electrons. The average molecular weight is 475 g/mol. The summed E-state index contributed by atoms with van der Waals surface area (Å²) in [4.78, 5) is 30.0. The summed E-state index contributed by atoms with van der Waals surface area (Å²) in [5.41, 5.74) is 2.39. The number of fused-ring (bicyclic) bond motifs is 1. The van der Waals surface area contributed by atoms with Crippen LogP contribution in [-0.4, -0.2) is 38.1 Å². The molecular weight excluding hydrogens is 444 g/mol. The Bertz CT molecular complexity index is 1300. The predicted octanol–water partition coefficient (Wildman–Crippen LogP) is 5.34. The maximum Gasteiger partial charge on any atom is 0.264 e. The molecule has 6 nitrogen and oxygen atoms in total. The molecule has 0 bridgehead atoms. The van der Waals surface area contributed by atoms with Gasteiger partial charge in [0.05, 0.1) is 16.3 Å². The first-order valence-corrected chi connectivity index (χ1v) is 12.2. The van der Waals surface area contributed by atoms with E-state index in [1.54, 1.807) is 11.8 Å². The fraction of sp³-hybridized carbons (Fsp3) is 0.296. The number of aromatic nitrogens is 2. The van der Waals surface area contributed by atoms with E-state index in [0.717, 1.165) is 27.2 Å². The van der Waals surface area contributed by atoms with Gasteiger partial charge >= 0.3 is 0 Å². The van der Waals surface area contributed by atoms with E-state index in [2.05, 4.69) is 10.4 Å². The van der Waals surface area contributed by atoms with Gasteiger partial charge in [-0.3, -0.25) is 9.59 Å². The zero-order valence-corrected chi connectivity index (χ0v) is 21.0. The van der Waals surface area contributed by atoms with Crippen molar-refractivity contribution < 1.29 is 9.59 Å². The summed E-state index contributed by atoms with van der Waals surface area (Å²) >= 11 is 1.41. The van der Waals surface area contributed by atoms with Crippen molar-refractivity contribution in [1.29, 1.82) is 0 Å². The van der Waals surface area contributed by atoms with E-state index in [1.165, 1.54) is 11.3 Å². The summed E-state index contributed by atoms with van der Waals surface area (Å²) in [6.45, 7) is 9.88. The summed E-state index contributed by atoms with van der Waals surface area (Å²) in [6, 6.07) is 20.9. The third kappa shape index (κ3) is 5.04. The zero-order valence-electron chi connectivity index (χ0n) is 20.2. The Labute approximate surface area is 204 Å². The van der Waals surface area contributed by atoms with Gasteiger partial charge in [-0.2, -0.15) is 5.10 Å². The molecule has 4 aromatic rings. The first-order chi connectivity index (χ1) is 16.1. The number of nitrogens with one attached hydrogen (secondary N) is 1. The second-order valence-corrected chi connectivity index (χ2v) is 10.5. The molecule has 0 saturated heterocycles. The third-order valence-corrected chi connectivity index (χ3v) is 6.66. The van der Waals surface area contributed by atoms with Gasteiger partial charge in [0, 0.05) is 17.5 Å². The van der Waals surface area contributed by atoms with Gasteiger partial charge < -0.3 is 10.2 Å². The molecule has 4 rings (SSSR count). The van der Waals surface area contributed by atoms with E-state index in [9.17, 15) is 9.59 Å². The average Bonchev–Trinajstić information content (AvgIpc) is 3.37. The number of carbonyl (C=O) groups is 2. The Morgan fingerprint density at radius 2 is 1.68 bits per heavy atom. The van der Waals surface area contributed by atoms with Crippen LogP contribution < -0.4 is 5.32 Å². The first-order valence-electron chi connectivity index (χ1n) is 11.4. The second-order valence-electron chi connectivity index (χ2n) is 9.50. The number of amides is 2. The minimum absolute atomic E-state index is 0.166. The van der Waals surface area contributed by atoms with Crippen molar-refractivity contribution in [1.82, 2.24) is 20.0 Å². The van der Waals surface area contributed by atoms with Crippen LogP contribution in [0.15, 0.2) is 66.7 Å². The lowest BCUT2D eigenvalue weighted by Gasteiger charge is -2.31. The van der Waals surface area contributed by atoms with Crippen molar-refractivity contribution in [2.45, 2.75) is 52.7 Å². The van der Waals surface area contributed by atoms with Gasteiger partial charge in [-0.15, -0.1) is 11.3 Å². The topological polar surface area (TPSA) is 67.2 Å². The minimum atomic E-state index is -0.635. The minimum Gasteiger partial charge on any atom is -0.350 e. The fourth-order valence-corrected chi connectivity index (χ4v) is 4.96. The number of aryl methyl sites for hydroxylation is 1. The maximum atomic E-state index is 13.8. The second kappa shape index (κ2) is 9.43. The van der Waals surface area contributed by atoms with Crippen LogP contribution in [0.2, 0.25) is 0 Å². The van der Waals surface area contributed by atoms with Crippen LogP contribution in [0.4, 0.5) is 0 Å². The van der Waals surface area contributed by atoms with Gasteiger partial charge in [0.25, 0.3) is 5.91 Å². The Morgan fingerprint density at radius 1 is 1.06 bits per heavy atom. The van der Waals surface area contributed by atoms with E-state index in [-0.39, 0.29) is 17.4 Å². The van der Waals surface area contributed by atoms with E-state index >= 15 is 0 Å². The molecule has 1 N–H and O–H groups in total. The van der Waals surface area contributed by atoms with E-state index < -0.39 is 6.04 Å². The summed E-state index contributed by atoms with van der Waals surface area (Å²) in [6.07, 6.45) is 0. The monoisotopic (exact) mass is 474 g/mol. The Balaban J connectivity index is 1.71. The highest BCUT2D eigenvalue weighted by Gasteiger charge is 2.30. The molecule has 34 heavy (non-hydrogen) atoms. The molecule has 2 aromatic heterocycles. The van der Waals surface area contributed by atoms with E-state index in [0.29, 0.717) is 11.4 Å². The number of nitrogens with zero attached hydrogens (tertiary/aromatic N) is 3. The van der Waals surface area contributed by atoms with Crippen LogP contribution in [0.25, 0.3) is 15.9 Å². The fourth-order valence-electron chi connectivity index (χ4n) is 3.82. The number of para-hydroxylation sites is 1. The normalized spacial score (nSPS) is 12.5. The van der Waals surface area contributed by atoms with Crippen LogP contribution >= 0.6 is 11.3 Å². The molecule has 0 aliphatic heterocycles. The molecule has 1 atom stereocenters. The summed E-state index contributed by atoms with van der Waals surface area (Å²) in [5, 5.41) is 8.63. The van der Waals surface area contributed by atoms with Crippen LogP contribution in [0.3, 0.4) is 0 Å². The lowest BCUT2D eigenvalue weighted by molar-refractivity contribution is -0.126. The van der Waals surface area contributed by atoms with Crippen molar-refractivity contribution in [3.63, 3.8) is 0 Å². The molecule has 2 heterocycles. The molecule has 2 aromatic carbocycles. The molecule has 0 saturated carbocycles. The SMILES string of the molecule is Cc1nn(-c2ccccc2)c2sc(C(=O)N(Cc3ccccc3)[C@H](C)C(=O)NC(C)(C)C)cc12. The number of rotatable bonds is 6. The predicted molar refractivity (Wildman–Crippen MR) is 137 cm³/mol. The van der Waals surface area contributed by atoms with Crippen molar-refractivity contribution in [2.75, 3.05) is 0 Å². The maximum absolute atomic E-state index is 13.8. The first kappa shape index (κ1) is 23.7. The van der Waals surface area contributed by atoms with Gasteiger partial charge in [0.1, 0.15) is 10.9 Å². The lowest BCUT2D eigenvalue weighted by Crippen LogP contribution is -2.52. The highest BCUT2D eigenvalue weighted by molar-refractivity contribution is 7.20. The van der Waals surface area contributed by atoms with Crippen molar-refractivity contribution >= 4 is 33.4 Å². The zero-order chi connectivity index (χ0) is 24.5. The molecule has 0 aliphatic carbocycles. The quantitative estimate of drug-likeness (QED) is 0.410. The third-order valence-electron chi connectivity index (χ3n) is 5.56. The molecule has 0 radical (unpaired) electrons. The number of carbonyl (C=O) groups excluding carboxylic acids is 2. The summed E-state index contributed by atoms with van der Waals surface area (Å²) < 4.78 is 1.88. The van der Waals surface area contributed by atoms with E-state index in [1.807, 2.05) is 99.1 Å². The molecule has 7 heteroatoms. The number of hydrogen-bond acceptors (Lipinski definition) is 4. The van der Waals surface area contributed by atoms with Gasteiger partial charge in [-0.05, 0) is 58.4 Å². The number of hydrogen-bond donors (Lipinski definition) is 1. The molecule has 0 unspecified atom stereocenters. The van der Waals surface area contributed by atoms with Crippen LogP contribution in [0, 0.1) is 6.92 Å².